The van der Waals surface area contributed by atoms with E-state index in [1.165, 1.54) is 5.56 Å². The average Bonchev–Trinajstić information content (AvgIpc) is 2.56. The van der Waals surface area contributed by atoms with Crippen molar-refractivity contribution in [3.8, 4) is 0 Å². The van der Waals surface area contributed by atoms with Crippen LogP contribution >= 0.6 is 0 Å². The van der Waals surface area contributed by atoms with Crippen LogP contribution in [0.5, 0.6) is 0 Å². The van der Waals surface area contributed by atoms with Crippen LogP contribution in [0.25, 0.3) is 0 Å². The molecule has 1 N–H and O–H groups in total. The molecule has 2 aromatic rings. The van der Waals surface area contributed by atoms with Crippen molar-refractivity contribution in [2.45, 2.75) is 32.0 Å². The highest BCUT2D eigenvalue weighted by molar-refractivity contribution is 5.20. The molecule has 1 aromatic carbocycles. The first kappa shape index (κ1) is 14.2. The predicted octanol–water partition coefficient (Wildman–Crippen LogP) is 3.18. The lowest BCUT2D eigenvalue weighted by Crippen LogP contribution is -2.52. The highest BCUT2D eigenvalue weighted by Gasteiger charge is 2.30. The van der Waals surface area contributed by atoms with E-state index < -0.39 is 0 Å². The summed E-state index contributed by atoms with van der Waals surface area (Å²) in [5.74, 6) is 0. The summed E-state index contributed by atoms with van der Waals surface area (Å²) in [6, 6.07) is 18.1. The molecule has 3 nitrogen and oxygen atoms in total. The lowest BCUT2D eigenvalue weighted by atomic mass is 10.00. The van der Waals surface area contributed by atoms with Gasteiger partial charge in [0.2, 0.25) is 0 Å². The maximum atomic E-state index is 4.52. The van der Waals surface area contributed by atoms with Crippen LogP contribution in [0.2, 0.25) is 0 Å². The van der Waals surface area contributed by atoms with Gasteiger partial charge in [0.25, 0.3) is 0 Å². The van der Waals surface area contributed by atoms with E-state index in [2.05, 4.69) is 71.5 Å². The summed E-state index contributed by atoms with van der Waals surface area (Å²) in [5, 5.41) is 3.66. The Labute approximate surface area is 127 Å². The number of pyridine rings is 1. The summed E-state index contributed by atoms with van der Waals surface area (Å²) >= 11 is 0. The van der Waals surface area contributed by atoms with Crippen molar-refractivity contribution in [1.29, 1.82) is 0 Å². The lowest BCUT2D eigenvalue weighted by molar-refractivity contribution is 0.0967. The van der Waals surface area contributed by atoms with Gasteiger partial charge >= 0.3 is 0 Å². The first-order valence-corrected chi connectivity index (χ1v) is 7.70. The van der Waals surface area contributed by atoms with Crippen molar-refractivity contribution in [2.75, 3.05) is 13.1 Å². The SMILES string of the molecule is CC1CNC(c2ccccc2)CN1C(C)c1ccccn1. The fourth-order valence-electron chi connectivity index (χ4n) is 3.13. The first-order chi connectivity index (χ1) is 10.3. The average molecular weight is 281 g/mol. The standard InChI is InChI=1S/C18H23N3/c1-14-12-20-18(16-8-4-3-5-9-16)13-21(14)15(2)17-10-6-7-11-19-17/h3-11,14-15,18,20H,12-13H2,1-2H3. The summed E-state index contributed by atoms with van der Waals surface area (Å²) in [6.45, 7) is 6.57. The molecule has 0 bridgehead atoms. The summed E-state index contributed by atoms with van der Waals surface area (Å²) in [4.78, 5) is 7.08. The molecular weight excluding hydrogens is 258 g/mol. The van der Waals surface area contributed by atoms with Crippen molar-refractivity contribution in [3.05, 3.63) is 66.0 Å². The Kier molecular flexibility index (Phi) is 4.32. The minimum absolute atomic E-state index is 0.342. The van der Waals surface area contributed by atoms with Crippen molar-refractivity contribution in [3.63, 3.8) is 0 Å². The molecule has 0 radical (unpaired) electrons. The van der Waals surface area contributed by atoms with E-state index in [1.54, 1.807) is 0 Å². The Hall–Kier alpha value is -1.71. The molecule has 0 spiro atoms. The van der Waals surface area contributed by atoms with Gasteiger partial charge in [-0.3, -0.25) is 9.88 Å². The third-order valence-electron chi connectivity index (χ3n) is 4.43. The van der Waals surface area contributed by atoms with E-state index in [0.29, 0.717) is 18.1 Å². The Morgan fingerprint density at radius 1 is 1.14 bits per heavy atom. The number of piperazine rings is 1. The molecule has 21 heavy (non-hydrogen) atoms. The Balaban J connectivity index is 1.78. The van der Waals surface area contributed by atoms with Crippen LogP contribution in [-0.4, -0.2) is 29.0 Å². The normalized spacial score (nSPS) is 24.7. The summed E-state index contributed by atoms with van der Waals surface area (Å²) in [5.41, 5.74) is 2.51. The molecule has 3 heteroatoms. The third-order valence-corrected chi connectivity index (χ3v) is 4.43. The number of nitrogens with one attached hydrogen (secondary N) is 1. The number of hydrogen-bond donors (Lipinski definition) is 1. The van der Waals surface area contributed by atoms with Gasteiger partial charge in [0.05, 0.1) is 5.69 Å². The van der Waals surface area contributed by atoms with Crippen molar-refractivity contribution >= 4 is 0 Å². The molecule has 3 rings (SSSR count). The fraction of sp³-hybridized carbons (Fsp3) is 0.389. The number of rotatable bonds is 3. The van der Waals surface area contributed by atoms with Crippen LogP contribution < -0.4 is 5.32 Å². The van der Waals surface area contributed by atoms with Crippen molar-refractivity contribution in [1.82, 2.24) is 15.2 Å². The zero-order chi connectivity index (χ0) is 14.7. The Morgan fingerprint density at radius 3 is 2.62 bits per heavy atom. The van der Waals surface area contributed by atoms with Gasteiger partial charge < -0.3 is 5.32 Å². The molecule has 1 aliphatic heterocycles. The monoisotopic (exact) mass is 281 g/mol. The van der Waals surface area contributed by atoms with Crippen molar-refractivity contribution in [2.24, 2.45) is 0 Å². The Bertz CT molecular complexity index is 555. The molecule has 1 saturated heterocycles. The van der Waals surface area contributed by atoms with E-state index in [0.717, 1.165) is 18.8 Å². The largest absolute Gasteiger partial charge is 0.307 e. The zero-order valence-electron chi connectivity index (χ0n) is 12.7. The molecule has 110 valence electrons. The van der Waals surface area contributed by atoms with E-state index in [1.807, 2.05) is 12.3 Å². The fourth-order valence-corrected chi connectivity index (χ4v) is 3.13. The van der Waals surface area contributed by atoms with E-state index in [9.17, 15) is 0 Å². The van der Waals surface area contributed by atoms with Gasteiger partial charge in [-0.2, -0.15) is 0 Å². The van der Waals surface area contributed by atoms with Gasteiger partial charge in [0.1, 0.15) is 0 Å². The van der Waals surface area contributed by atoms with Gasteiger partial charge in [-0.05, 0) is 31.5 Å². The zero-order valence-corrected chi connectivity index (χ0v) is 12.7. The van der Waals surface area contributed by atoms with Crippen molar-refractivity contribution < 1.29 is 0 Å². The number of benzene rings is 1. The van der Waals surface area contributed by atoms with Crippen LogP contribution in [0.4, 0.5) is 0 Å². The van der Waals surface area contributed by atoms with Crippen LogP contribution in [0.3, 0.4) is 0 Å². The van der Waals surface area contributed by atoms with Gasteiger partial charge in [-0.1, -0.05) is 36.4 Å². The minimum atomic E-state index is 0.342. The maximum absolute atomic E-state index is 4.52. The van der Waals surface area contributed by atoms with Crippen LogP contribution in [0.1, 0.15) is 37.2 Å². The minimum Gasteiger partial charge on any atom is -0.307 e. The third kappa shape index (κ3) is 3.14. The molecule has 3 unspecified atom stereocenters. The second kappa shape index (κ2) is 6.37. The molecule has 2 heterocycles. The highest BCUT2D eigenvalue weighted by Crippen LogP contribution is 2.27. The maximum Gasteiger partial charge on any atom is 0.0572 e. The molecular formula is C18H23N3. The van der Waals surface area contributed by atoms with Gasteiger partial charge in [-0.25, -0.2) is 0 Å². The van der Waals surface area contributed by atoms with Gasteiger partial charge in [0.15, 0.2) is 0 Å². The topological polar surface area (TPSA) is 28.2 Å². The predicted molar refractivity (Wildman–Crippen MR) is 86.0 cm³/mol. The molecule has 0 saturated carbocycles. The van der Waals surface area contributed by atoms with E-state index in [-0.39, 0.29) is 0 Å². The van der Waals surface area contributed by atoms with E-state index in [4.69, 9.17) is 0 Å². The molecule has 0 amide bonds. The van der Waals surface area contributed by atoms with Crippen LogP contribution in [-0.2, 0) is 0 Å². The summed E-state index contributed by atoms with van der Waals surface area (Å²) in [6.07, 6.45) is 1.88. The first-order valence-electron chi connectivity index (χ1n) is 7.70. The molecule has 3 atom stereocenters. The number of hydrogen-bond acceptors (Lipinski definition) is 3. The molecule has 1 aliphatic rings. The lowest BCUT2D eigenvalue weighted by Gasteiger charge is -2.42. The van der Waals surface area contributed by atoms with Gasteiger partial charge in [0, 0.05) is 37.4 Å². The molecule has 1 fully saturated rings. The Morgan fingerprint density at radius 2 is 1.90 bits per heavy atom. The van der Waals surface area contributed by atoms with E-state index >= 15 is 0 Å². The second-order valence-corrected chi connectivity index (χ2v) is 5.85. The van der Waals surface area contributed by atoms with Crippen LogP contribution in [0.15, 0.2) is 54.7 Å². The van der Waals surface area contributed by atoms with Gasteiger partial charge in [-0.15, -0.1) is 0 Å². The number of nitrogens with zero attached hydrogens (tertiary/aromatic N) is 2. The second-order valence-electron chi connectivity index (χ2n) is 5.85. The summed E-state index contributed by atoms with van der Waals surface area (Å²) < 4.78 is 0. The highest BCUT2D eigenvalue weighted by atomic mass is 15.3. The molecule has 1 aromatic heterocycles. The summed E-state index contributed by atoms with van der Waals surface area (Å²) in [7, 11) is 0. The van der Waals surface area contributed by atoms with Crippen LogP contribution in [0, 0.1) is 0 Å². The number of aromatic nitrogens is 1. The smallest absolute Gasteiger partial charge is 0.0572 e. The molecule has 0 aliphatic carbocycles. The quantitative estimate of drug-likeness (QED) is 0.936.